The van der Waals surface area contributed by atoms with E-state index in [1.54, 1.807) is 28.2 Å². The maximum atomic E-state index is 13.1. The minimum absolute atomic E-state index is 0.0644. The van der Waals surface area contributed by atoms with E-state index in [0.29, 0.717) is 26.2 Å². The Bertz CT molecular complexity index is 1110. The summed E-state index contributed by atoms with van der Waals surface area (Å²) in [7, 11) is -3.56. The molecule has 3 heterocycles. The minimum Gasteiger partial charge on any atom is -0.336 e. The van der Waals surface area contributed by atoms with Crippen molar-refractivity contribution in [2.24, 2.45) is 4.40 Å². The van der Waals surface area contributed by atoms with Crippen molar-refractivity contribution >= 4 is 33.4 Å². The second-order valence-electron chi connectivity index (χ2n) is 8.20. The van der Waals surface area contributed by atoms with Crippen LogP contribution >= 0.6 is 0 Å². The summed E-state index contributed by atoms with van der Waals surface area (Å²) in [5.41, 5.74) is 3.17. The molecule has 1 N–H and O–H groups in total. The smallest absolute Gasteiger partial charge is 0.257 e. The number of sulfonamides is 1. The number of amidine groups is 1. The van der Waals surface area contributed by atoms with Crippen molar-refractivity contribution in [1.82, 2.24) is 14.7 Å². The van der Waals surface area contributed by atoms with Gasteiger partial charge in [-0.1, -0.05) is 18.2 Å². The van der Waals surface area contributed by atoms with Gasteiger partial charge in [-0.3, -0.25) is 14.5 Å². The van der Waals surface area contributed by atoms with E-state index in [-0.39, 0.29) is 42.1 Å². The fourth-order valence-corrected chi connectivity index (χ4v) is 5.04. The summed E-state index contributed by atoms with van der Waals surface area (Å²) in [6, 6.07) is 5.89. The molecule has 3 aliphatic rings. The molecule has 9 nitrogen and oxygen atoms in total. The van der Waals surface area contributed by atoms with Crippen molar-refractivity contribution < 1.29 is 18.0 Å². The van der Waals surface area contributed by atoms with E-state index in [1.807, 2.05) is 36.9 Å². The SMILES string of the molecule is Cc1cccc(C)c1NC(=O)CN1CCN(C(=O)C2=CC=CN3CCS(=O)(=O)N=C23)CC1. The van der Waals surface area contributed by atoms with Crippen molar-refractivity contribution in [2.75, 3.05) is 50.3 Å². The molecule has 4 rings (SSSR count). The Morgan fingerprint density at radius 1 is 1.06 bits per heavy atom. The summed E-state index contributed by atoms with van der Waals surface area (Å²) in [6.07, 6.45) is 5.08. The molecule has 170 valence electrons. The number of allylic oxidation sites excluding steroid dienone is 2. The number of amides is 2. The van der Waals surface area contributed by atoms with E-state index in [1.165, 1.54) is 0 Å². The third-order valence-electron chi connectivity index (χ3n) is 5.86. The average molecular weight is 458 g/mol. The lowest BCUT2D eigenvalue weighted by atomic mass is 10.1. The summed E-state index contributed by atoms with van der Waals surface area (Å²) >= 11 is 0. The highest BCUT2D eigenvalue weighted by atomic mass is 32.2. The Balaban J connectivity index is 1.35. The molecular formula is C22H27N5O4S. The van der Waals surface area contributed by atoms with Gasteiger partial charge in [-0.05, 0) is 37.1 Å². The van der Waals surface area contributed by atoms with E-state index < -0.39 is 10.0 Å². The molecule has 3 aliphatic heterocycles. The molecule has 0 saturated carbocycles. The molecule has 32 heavy (non-hydrogen) atoms. The van der Waals surface area contributed by atoms with E-state index in [2.05, 4.69) is 9.71 Å². The summed E-state index contributed by atoms with van der Waals surface area (Å²) in [5.74, 6) is -0.195. The van der Waals surface area contributed by atoms with Gasteiger partial charge in [-0.2, -0.15) is 0 Å². The minimum atomic E-state index is -3.56. The van der Waals surface area contributed by atoms with Crippen LogP contribution in [0, 0.1) is 13.8 Å². The summed E-state index contributed by atoms with van der Waals surface area (Å²) in [6.45, 7) is 6.49. The van der Waals surface area contributed by atoms with Gasteiger partial charge in [0.15, 0.2) is 5.84 Å². The number of carbonyl (C=O) groups excluding carboxylic acids is 2. The first-order valence-corrected chi connectivity index (χ1v) is 12.2. The molecule has 0 spiro atoms. The molecule has 0 aromatic heterocycles. The molecule has 1 fully saturated rings. The molecule has 1 aromatic carbocycles. The number of benzene rings is 1. The molecule has 2 amide bonds. The molecule has 0 atom stereocenters. The summed E-state index contributed by atoms with van der Waals surface area (Å²) < 4.78 is 27.7. The standard InChI is InChI=1S/C22H27N5O4S/c1-16-5-3-6-17(2)20(16)23-19(28)15-25-9-11-27(12-10-25)22(29)18-7-4-8-26-13-14-32(30,31)24-21(18)26/h3-8H,9-15H2,1-2H3,(H,23,28). The molecule has 1 aromatic rings. The van der Waals surface area contributed by atoms with Gasteiger partial charge in [0.25, 0.3) is 15.9 Å². The first-order valence-electron chi connectivity index (χ1n) is 10.6. The average Bonchev–Trinajstić information content (AvgIpc) is 2.75. The number of aryl methyl sites for hydroxylation is 2. The molecule has 0 aliphatic carbocycles. The lowest BCUT2D eigenvalue weighted by Gasteiger charge is -2.36. The Kier molecular flexibility index (Phi) is 6.16. The zero-order valence-electron chi connectivity index (χ0n) is 18.2. The lowest BCUT2D eigenvalue weighted by Crippen LogP contribution is -2.52. The zero-order valence-corrected chi connectivity index (χ0v) is 19.1. The van der Waals surface area contributed by atoms with E-state index >= 15 is 0 Å². The Morgan fingerprint density at radius 3 is 2.44 bits per heavy atom. The normalized spacial score (nSPS) is 20.3. The van der Waals surface area contributed by atoms with Gasteiger partial charge >= 0.3 is 0 Å². The Hall–Kier alpha value is -2.98. The molecule has 1 saturated heterocycles. The van der Waals surface area contributed by atoms with Crippen molar-refractivity contribution in [2.45, 2.75) is 13.8 Å². The number of rotatable bonds is 4. The van der Waals surface area contributed by atoms with Crippen LogP contribution in [0.3, 0.4) is 0 Å². The van der Waals surface area contributed by atoms with Crippen LogP contribution in [0.4, 0.5) is 5.69 Å². The third-order valence-corrected chi connectivity index (χ3v) is 7.01. The van der Waals surface area contributed by atoms with E-state index in [9.17, 15) is 18.0 Å². The second kappa shape index (κ2) is 8.87. The summed E-state index contributed by atoms with van der Waals surface area (Å²) in [5, 5.41) is 2.99. The van der Waals surface area contributed by atoms with Crippen LogP contribution in [0.2, 0.25) is 0 Å². The first kappa shape index (κ1) is 22.2. The van der Waals surface area contributed by atoms with Crippen LogP contribution in [-0.2, 0) is 19.6 Å². The maximum Gasteiger partial charge on any atom is 0.257 e. The van der Waals surface area contributed by atoms with Gasteiger partial charge in [-0.15, -0.1) is 4.40 Å². The zero-order chi connectivity index (χ0) is 22.9. The largest absolute Gasteiger partial charge is 0.336 e. The van der Waals surface area contributed by atoms with Crippen LogP contribution < -0.4 is 5.32 Å². The van der Waals surface area contributed by atoms with Crippen LogP contribution in [0.15, 0.2) is 46.5 Å². The van der Waals surface area contributed by atoms with Crippen LogP contribution in [-0.4, -0.2) is 85.8 Å². The predicted octanol–water partition coefficient (Wildman–Crippen LogP) is 0.884. The first-order chi connectivity index (χ1) is 15.2. The second-order valence-corrected chi connectivity index (χ2v) is 9.95. The number of nitrogens with zero attached hydrogens (tertiary/aromatic N) is 4. The fraction of sp³-hybridized carbons (Fsp3) is 0.409. The van der Waals surface area contributed by atoms with E-state index in [4.69, 9.17) is 0 Å². The number of carbonyl (C=O) groups is 2. The number of hydrogen-bond acceptors (Lipinski definition) is 6. The Morgan fingerprint density at radius 2 is 1.75 bits per heavy atom. The number of fused-ring (bicyclic) bond motifs is 1. The molecule has 10 heteroatoms. The van der Waals surface area contributed by atoms with Gasteiger partial charge in [0.1, 0.15) is 0 Å². The van der Waals surface area contributed by atoms with Crippen molar-refractivity contribution in [3.05, 3.63) is 53.3 Å². The number of hydrogen-bond donors (Lipinski definition) is 1. The van der Waals surface area contributed by atoms with E-state index in [0.717, 1.165) is 16.8 Å². The number of piperazine rings is 1. The third kappa shape index (κ3) is 4.76. The predicted molar refractivity (Wildman–Crippen MR) is 123 cm³/mol. The van der Waals surface area contributed by atoms with Crippen LogP contribution in [0.5, 0.6) is 0 Å². The van der Waals surface area contributed by atoms with Gasteiger partial charge in [0.05, 0.1) is 17.9 Å². The molecule has 0 bridgehead atoms. The van der Waals surface area contributed by atoms with Gasteiger partial charge in [0.2, 0.25) is 5.91 Å². The number of para-hydroxylation sites is 1. The number of anilines is 1. The summed E-state index contributed by atoms with van der Waals surface area (Å²) in [4.78, 5) is 31.0. The topological polar surface area (TPSA) is 102 Å². The highest BCUT2D eigenvalue weighted by Crippen LogP contribution is 2.21. The monoisotopic (exact) mass is 457 g/mol. The van der Waals surface area contributed by atoms with Crippen molar-refractivity contribution in [1.29, 1.82) is 0 Å². The highest BCUT2D eigenvalue weighted by Gasteiger charge is 2.33. The molecule has 0 unspecified atom stereocenters. The van der Waals surface area contributed by atoms with Crippen molar-refractivity contribution in [3.8, 4) is 0 Å². The van der Waals surface area contributed by atoms with Crippen LogP contribution in [0.1, 0.15) is 11.1 Å². The fourth-order valence-electron chi connectivity index (χ4n) is 4.06. The van der Waals surface area contributed by atoms with Crippen molar-refractivity contribution in [3.63, 3.8) is 0 Å². The highest BCUT2D eigenvalue weighted by molar-refractivity contribution is 7.90. The van der Waals surface area contributed by atoms with Gasteiger partial charge in [-0.25, -0.2) is 8.42 Å². The maximum absolute atomic E-state index is 13.1. The van der Waals surface area contributed by atoms with Gasteiger partial charge in [0, 0.05) is 44.6 Å². The quantitative estimate of drug-likeness (QED) is 0.720. The lowest BCUT2D eigenvalue weighted by molar-refractivity contribution is -0.128. The van der Waals surface area contributed by atoms with Gasteiger partial charge < -0.3 is 15.1 Å². The number of nitrogens with one attached hydrogen (secondary N) is 1. The Labute approximate surface area is 188 Å². The van der Waals surface area contributed by atoms with Crippen LogP contribution in [0.25, 0.3) is 0 Å². The molecular weight excluding hydrogens is 430 g/mol. The molecule has 0 radical (unpaired) electrons.